The second-order valence-corrected chi connectivity index (χ2v) is 17.8. The van der Waals surface area contributed by atoms with Gasteiger partial charge in [0, 0.05) is 17.7 Å². The Morgan fingerprint density at radius 3 is 1.95 bits per heavy atom. The van der Waals surface area contributed by atoms with Crippen LogP contribution in [0, 0.1) is 0 Å². The maximum atomic E-state index is 13.5. The van der Waals surface area contributed by atoms with Crippen molar-refractivity contribution >= 4 is 41.7 Å². The molecule has 1 amide bonds. The smallest absolute Gasteiger partial charge is 0.410 e. The van der Waals surface area contributed by atoms with E-state index in [1.807, 2.05) is 37.8 Å². The van der Waals surface area contributed by atoms with Gasteiger partial charge in [0.25, 0.3) is 8.32 Å². The summed E-state index contributed by atoms with van der Waals surface area (Å²) in [4.78, 5) is 27.6. The molecule has 3 atom stereocenters. The van der Waals surface area contributed by atoms with E-state index in [1.165, 1.54) is 22.1 Å². The Morgan fingerprint density at radius 2 is 1.49 bits per heavy atom. The van der Waals surface area contributed by atoms with E-state index in [1.54, 1.807) is 0 Å². The summed E-state index contributed by atoms with van der Waals surface area (Å²) in [6, 6.07) is 21.1. The fourth-order valence-electron chi connectivity index (χ4n) is 5.84. The van der Waals surface area contributed by atoms with E-state index >= 15 is 0 Å². The zero-order chi connectivity index (χ0) is 26.8. The molecule has 0 spiro atoms. The van der Waals surface area contributed by atoms with Crippen LogP contribution in [-0.2, 0) is 14.0 Å². The summed E-state index contributed by atoms with van der Waals surface area (Å²) in [5, 5.41) is 2.66. The topological polar surface area (TPSA) is 55.8 Å². The van der Waals surface area contributed by atoms with Crippen LogP contribution in [0.3, 0.4) is 0 Å². The average Bonchev–Trinajstić information content (AvgIpc) is 3.45. The van der Waals surface area contributed by atoms with E-state index in [4.69, 9.17) is 9.16 Å². The van der Waals surface area contributed by atoms with Crippen LogP contribution in [0.5, 0.6) is 0 Å². The number of amides is 1. The van der Waals surface area contributed by atoms with E-state index < -0.39 is 13.9 Å². The van der Waals surface area contributed by atoms with Crippen molar-refractivity contribution in [2.24, 2.45) is 0 Å². The summed E-state index contributed by atoms with van der Waals surface area (Å²) in [6.07, 6.45) is 2.80. The number of benzene rings is 2. The highest BCUT2D eigenvalue weighted by atomic mass is 32.2. The van der Waals surface area contributed by atoms with Crippen molar-refractivity contribution in [3.63, 3.8) is 0 Å². The fourth-order valence-corrected chi connectivity index (χ4v) is 11.7. The lowest BCUT2D eigenvalue weighted by Crippen LogP contribution is -2.67. The van der Waals surface area contributed by atoms with Gasteiger partial charge in [-0.25, -0.2) is 4.79 Å². The highest BCUT2D eigenvalue weighted by Crippen LogP contribution is 2.41. The SMILES string of the molecule is CC(C)(C)OC(=O)N1[C@H](CO[Si](c2ccccc2)(c2ccccc2)C(C)(C)C)CC[C@H]1[C@@H]1CCC(=O)S1. The number of likely N-dealkylation sites (tertiary alicyclic amines) is 1. The van der Waals surface area contributed by atoms with E-state index in [2.05, 4.69) is 69.3 Å². The quantitative estimate of drug-likeness (QED) is 0.437. The van der Waals surface area contributed by atoms with Gasteiger partial charge in [0.15, 0.2) is 5.12 Å². The number of carbonyl (C=O) groups excluding carboxylic acids is 2. The first-order valence-electron chi connectivity index (χ1n) is 13.4. The summed E-state index contributed by atoms with van der Waals surface area (Å²) < 4.78 is 13.1. The highest BCUT2D eigenvalue weighted by molar-refractivity contribution is 8.14. The summed E-state index contributed by atoms with van der Waals surface area (Å²) in [5.41, 5.74) is -0.591. The lowest BCUT2D eigenvalue weighted by molar-refractivity contribution is -0.110. The van der Waals surface area contributed by atoms with E-state index in [0.29, 0.717) is 13.0 Å². The third kappa shape index (κ3) is 5.99. The van der Waals surface area contributed by atoms with E-state index in [9.17, 15) is 9.59 Å². The first kappa shape index (κ1) is 27.9. The molecule has 0 aliphatic carbocycles. The molecule has 37 heavy (non-hydrogen) atoms. The third-order valence-electron chi connectivity index (χ3n) is 7.40. The van der Waals surface area contributed by atoms with Gasteiger partial charge in [-0.3, -0.25) is 9.69 Å². The van der Waals surface area contributed by atoms with Crippen molar-refractivity contribution in [1.82, 2.24) is 4.90 Å². The molecule has 5 nitrogen and oxygen atoms in total. The van der Waals surface area contributed by atoms with Crippen molar-refractivity contribution in [3.05, 3.63) is 60.7 Å². The summed E-state index contributed by atoms with van der Waals surface area (Å²) >= 11 is 1.41. The van der Waals surface area contributed by atoms with Gasteiger partial charge in [0.2, 0.25) is 0 Å². The molecule has 2 aromatic rings. The Balaban J connectivity index is 1.68. The molecule has 0 N–H and O–H groups in total. The molecule has 2 aromatic carbocycles. The molecular formula is C30H41NO4SSi. The van der Waals surface area contributed by atoms with Crippen LogP contribution < -0.4 is 10.4 Å². The Morgan fingerprint density at radius 1 is 0.919 bits per heavy atom. The predicted octanol–water partition coefficient (Wildman–Crippen LogP) is 5.75. The normalized spacial score (nSPS) is 22.9. The van der Waals surface area contributed by atoms with Crippen molar-refractivity contribution in [2.45, 2.75) is 95.2 Å². The lowest BCUT2D eigenvalue weighted by atomic mass is 10.1. The summed E-state index contributed by atoms with van der Waals surface area (Å²) in [7, 11) is -2.73. The van der Waals surface area contributed by atoms with E-state index in [-0.39, 0.29) is 33.6 Å². The Bertz CT molecular complexity index is 1040. The number of rotatable bonds is 6. The second kappa shape index (κ2) is 10.9. The molecule has 0 unspecified atom stereocenters. The number of hydrogen-bond donors (Lipinski definition) is 0. The number of thioether (sulfide) groups is 1. The van der Waals surface area contributed by atoms with Crippen molar-refractivity contribution < 1.29 is 18.8 Å². The molecule has 2 fully saturated rings. The van der Waals surface area contributed by atoms with E-state index in [0.717, 1.165) is 19.3 Å². The molecule has 2 saturated heterocycles. The molecular weight excluding hydrogens is 498 g/mol. The monoisotopic (exact) mass is 539 g/mol. The number of ether oxygens (including phenoxy) is 1. The molecule has 0 saturated carbocycles. The predicted molar refractivity (Wildman–Crippen MR) is 154 cm³/mol. The number of hydrogen-bond acceptors (Lipinski definition) is 5. The van der Waals surface area contributed by atoms with Crippen LogP contribution in [0.2, 0.25) is 5.04 Å². The first-order chi connectivity index (χ1) is 17.4. The minimum Gasteiger partial charge on any atom is -0.444 e. The molecule has 0 bridgehead atoms. The average molecular weight is 540 g/mol. The van der Waals surface area contributed by atoms with Crippen LogP contribution in [0.15, 0.2) is 60.7 Å². The van der Waals surface area contributed by atoms with Crippen LogP contribution in [0.4, 0.5) is 4.79 Å². The van der Waals surface area contributed by atoms with Gasteiger partial charge in [-0.15, -0.1) is 0 Å². The minimum absolute atomic E-state index is 0.0148. The third-order valence-corrected chi connectivity index (χ3v) is 13.7. The first-order valence-corrected chi connectivity index (χ1v) is 16.2. The van der Waals surface area contributed by atoms with Crippen LogP contribution in [0.1, 0.15) is 67.2 Å². The molecule has 0 aromatic heterocycles. The van der Waals surface area contributed by atoms with Gasteiger partial charge in [-0.1, -0.05) is 93.2 Å². The molecule has 2 aliphatic heterocycles. The van der Waals surface area contributed by atoms with Crippen LogP contribution in [0.25, 0.3) is 0 Å². The lowest BCUT2D eigenvalue weighted by Gasteiger charge is -2.44. The van der Waals surface area contributed by atoms with Gasteiger partial charge in [-0.05, 0) is 55.4 Å². The molecule has 200 valence electrons. The summed E-state index contributed by atoms with van der Waals surface area (Å²) in [6.45, 7) is 12.9. The fraction of sp³-hybridized carbons (Fsp3) is 0.533. The zero-order valence-corrected chi connectivity index (χ0v) is 24.8. The van der Waals surface area contributed by atoms with Gasteiger partial charge in [0.1, 0.15) is 5.60 Å². The van der Waals surface area contributed by atoms with Crippen molar-refractivity contribution in [1.29, 1.82) is 0 Å². The van der Waals surface area contributed by atoms with Crippen molar-refractivity contribution in [3.8, 4) is 0 Å². The number of carbonyl (C=O) groups is 2. The molecule has 4 rings (SSSR count). The molecule has 0 radical (unpaired) electrons. The molecule has 2 heterocycles. The molecule has 7 heteroatoms. The van der Waals surface area contributed by atoms with Gasteiger partial charge >= 0.3 is 6.09 Å². The highest BCUT2D eigenvalue weighted by Gasteiger charge is 2.52. The zero-order valence-electron chi connectivity index (χ0n) is 23.0. The van der Waals surface area contributed by atoms with Crippen molar-refractivity contribution in [2.75, 3.05) is 6.61 Å². The van der Waals surface area contributed by atoms with Crippen LogP contribution >= 0.6 is 11.8 Å². The van der Waals surface area contributed by atoms with Gasteiger partial charge in [-0.2, -0.15) is 0 Å². The minimum atomic E-state index is -2.73. The second-order valence-electron chi connectivity index (χ2n) is 12.2. The maximum absolute atomic E-state index is 13.5. The standard InChI is InChI=1S/C30H41NO4SSi/c1-29(2,3)35-28(33)31-22(17-18-25(31)26-19-20-27(32)36-26)21-34-37(30(4,5)6,23-13-9-7-10-14-23)24-15-11-8-12-16-24/h7-16,22,25-26H,17-21H2,1-6H3/t22-,25-,26-/m0/s1. The number of nitrogens with zero attached hydrogens (tertiary/aromatic N) is 1. The van der Waals surface area contributed by atoms with Crippen LogP contribution in [-0.4, -0.2) is 54.0 Å². The maximum Gasteiger partial charge on any atom is 0.410 e. The largest absolute Gasteiger partial charge is 0.444 e. The van der Waals surface area contributed by atoms with Gasteiger partial charge < -0.3 is 9.16 Å². The van der Waals surface area contributed by atoms with Gasteiger partial charge in [0.05, 0.1) is 12.6 Å². The Labute approximate surface area is 227 Å². The Kier molecular flexibility index (Phi) is 8.27. The molecule has 2 aliphatic rings. The Hall–Kier alpha value is -2.09. The summed E-state index contributed by atoms with van der Waals surface area (Å²) in [5.74, 6) is 0.